The van der Waals surface area contributed by atoms with Crippen molar-refractivity contribution in [2.75, 3.05) is 0 Å². The van der Waals surface area contributed by atoms with Crippen molar-refractivity contribution >= 4 is 17.5 Å². The minimum absolute atomic E-state index is 0.105. The molecule has 0 aliphatic carbocycles. The quantitative estimate of drug-likeness (QED) is 0.781. The molecule has 0 saturated carbocycles. The number of hydrogen-bond acceptors (Lipinski definition) is 4. The normalized spacial score (nSPS) is 14.6. The number of hydrogen-bond donors (Lipinski definition) is 1. The Morgan fingerprint density at radius 3 is 2.84 bits per heavy atom. The van der Waals surface area contributed by atoms with Crippen LogP contribution < -0.4 is 5.32 Å². The van der Waals surface area contributed by atoms with Gasteiger partial charge in [-0.05, 0) is 30.7 Å². The third kappa shape index (κ3) is 2.63. The third-order valence-corrected chi connectivity index (χ3v) is 4.50. The minimum atomic E-state index is -0.556. The first-order chi connectivity index (χ1) is 12.1. The molecule has 4 rings (SSSR count). The van der Waals surface area contributed by atoms with Gasteiger partial charge in [-0.2, -0.15) is 0 Å². The number of amides is 2. The molecule has 0 spiro atoms. The van der Waals surface area contributed by atoms with Gasteiger partial charge in [0.25, 0.3) is 5.91 Å². The van der Waals surface area contributed by atoms with Crippen LogP contribution in [0, 0.1) is 0 Å². The molecule has 3 heterocycles. The van der Waals surface area contributed by atoms with Gasteiger partial charge in [0.15, 0.2) is 11.5 Å². The average Bonchev–Trinajstić information content (AvgIpc) is 3.21. The largest absolute Gasteiger partial charge is 0.347 e. The molecule has 1 aliphatic heterocycles. The van der Waals surface area contributed by atoms with Crippen LogP contribution in [-0.4, -0.2) is 37.4 Å². The van der Waals surface area contributed by atoms with Crippen molar-refractivity contribution in [3.8, 4) is 0 Å². The summed E-state index contributed by atoms with van der Waals surface area (Å²) >= 11 is 0. The highest BCUT2D eigenvalue weighted by molar-refractivity contribution is 6.00. The van der Waals surface area contributed by atoms with Crippen LogP contribution in [0.4, 0.5) is 0 Å². The average molecular weight is 335 g/mol. The van der Waals surface area contributed by atoms with Crippen molar-refractivity contribution < 1.29 is 9.59 Å². The van der Waals surface area contributed by atoms with Crippen LogP contribution in [0.15, 0.2) is 48.7 Å². The first kappa shape index (κ1) is 15.3. The highest BCUT2D eigenvalue weighted by Gasteiger charge is 2.33. The third-order valence-electron chi connectivity index (χ3n) is 4.50. The Morgan fingerprint density at radius 1 is 1.20 bits per heavy atom. The van der Waals surface area contributed by atoms with Crippen LogP contribution in [0.3, 0.4) is 0 Å². The van der Waals surface area contributed by atoms with E-state index in [1.54, 1.807) is 17.9 Å². The molecule has 126 valence electrons. The molecule has 0 unspecified atom stereocenters. The van der Waals surface area contributed by atoms with E-state index in [1.165, 1.54) is 0 Å². The molecule has 1 aromatic carbocycles. The van der Waals surface area contributed by atoms with Crippen molar-refractivity contribution in [2.24, 2.45) is 0 Å². The first-order valence-corrected chi connectivity index (χ1v) is 8.10. The summed E-state index contributed by atoms with van der Waals surface area (Å²) in [4.78, 5) is 26.6. The van der Waals surface area contributed by atoms with Gasteiger partial charge in [0.2, 0.25) is 5.91 Å². The van der Waals surface area contributed by atoms with Gasteiger partial charge >= 0.3 is 0 Å². The summed E-state index contributed by atoms with van der Waals surface area (Å²) in [6, 6.07) is 12.5. The number of benzene rings is 1. The molecule has 0 saturated heterocycles. The molecule has 0 fully saturated rings. The van der Waals surface area contributed by atoms with Crippen LogP contribution in [0.5, 0.6) is 0 Å². The molecule has 2 amide bonds. The van der Waals surface area contributed by atoms with E-state index in [-0.39, 0.29) is 18.4 Å². The molecule has 0 radical (unpaired) electrons. The monoisotopic (exact) mass is 335 g/mol. The van der Waals surface area contributed by atoms with Crippen molar-refractivity contribution in [3.05, 3.63) is 65.6 Å². The van der Waals surface area contributed by atoms with Crippen LogP contribution in [-0.2, 0) is 17.9 Å². The number of pyridine rings is 1. The van der Waals surface area contributed by atoms with Gasteiger partial charge in [0.05, 0.1) is 6.54 Å². The lowest BCUT2D eigenvalue weighted by atomic mass is 10.1. The lowest BCUT2D eigenvalue weighted by Crippen LogP contribution is -2.45. The lowest BCUT2D eigenvalue weighted by Gasteiger charge is -2.23. The number of fused-ring (bicyclic) bond motifs is 2. The van der Waals surface area contributed by atoms with E-state index in [0.717, 1.165) is 11.2 Å². The summed E-state index contributed by atoms with van der Waals surface area (Å²) < 4.78 is 1.82. The zero-order valence-electron chi connectivity index (χ0n) is 13.7. The van der Waals surface area contributed by atoms with E-state index in [9.17, 15) is 9.59 Å². The summed E-state index contributed by atoms with van der Waals surface area (Å²) in [5, 5.41) is 11.0. The van der Waals surface area contributed by atoms with Gasteiger partial charge in [-0.3, -0.25) is 14.0 Å². The predicted molar refractivity (Wildman–Crippen MR) is 90.6 cm³/mol. The van der Waals surface area contributed by atoms with E-state index in [0.29, 0.717) is 17.9 Å². The molecule has 7 nitrogen and oxygen atoms in total. The smallest absolute Gasteiger partial charge is 0.255 e. The maximum atomic E-state index is 12.5. The Kier molecular flexibility index (Phi) is 3.68. The van der Waals surface area contributed by atoms with Gasteiger partial charge in [0, 0.05) is 18.3 Å². The van der Waals surface area contributed by atoms with Gasteiger partial charge in [-0.1, -0.05) is 24.3 Å². The molecule has 2 aromatic heterocycles. The Labute approximate surface area is 144 Å². The van der Waals surface area contributed by atoms with E-state index < -0.39 is 6.04 Å². The number of carbonyl (C=O) groups is 2. The van der Waals surface area contributed by atoms with Gasteiger partial charge in [-0.25, -0.2) is 0 Å². The summed E-state index contributed by atoms with van der Waals surface area (Å²) in [5.41, 5.74) is 2.35. The molecule has 1 N–H and O–H groups in total. The molecule has 7 heteroatoms. The van der Waals surface area contributed by atoms with Gasteiger partial charge < -0.3 is 10.2 Å². The fraction of sp³-hybridized carbons (Fsp3) is 0.222. The summed E-state index contributed by atoms with van der Waals surface area (Å²) in [6.07, 6.45) is 1.85. The highest BCUT2D eigenvalue weighted by atomic mass is 16.2. The summed E-state index contributed by atoms with van der Waals surface area (Å²) in [7, 11) is 0. The molecular formula is C18H17N5O2. The molecule has 1 aliphatic rings. The second kappa shape index (κ2) is 6.01. The zero-order valence-corrected chi connectivity index (χ0v) is 13.7. The van der Waals surface area contributed by atoms with Crippen LogP contribution in [0.25, 0.3) is 5.65 Å². The minimum Gasteiger partial charge on any atom is -0.347 e. The van der Waals surface area contributed by atoms with Gasteiger partial charge in [0.1, 0.15) is 6.04 Å². The van der Waals surface area contributed by atoms with Crippen LogP contribution in [0.1, 0.15) is 28.7 Å². The summed E-state index contributed by atoms with van der Waals surface area (Å²) in [6.45, 7) is 2.45. The number of aromatic nitrogens is 3. The maximum absolute atomic E-state index is 12.5. The number of carbonyl (C=O) groups excluding carboxylic acids is 2. The molecule has 1 atom stereocenters. The molecule has 25 heavy (non-hydrogen) atoms. The second-order valence-corrected chi connectivity index (χ2v) is 6.03. The second-order valence-electron chi connectivity index (χ2n) is 6.03. The lowest BCUT2D eigenvalue weighted by molar-refractivity contribution is -0.125. The van der Waals surface area contributed by atoms with Crippen LogP contribution in [0.2, 0.25) is 0 Å². The number of rotatable bonds is 4. The SMILES string of the molecule is C[C@H](C(=O)NCc1nnc2ccccn12)N1Cc2ccccc2C1=O. The molecule has 0 bridgehead atoms. The van der Waals surface area contributed by atoms with Crippen molar-refractivity contribution in [1.29, 1.82) is 0 Å². The predicted octanol–water partition coefficient (Wildman–Crippen LogP) is 1.39. The van der Waals surface area contributed by atoms with Crippen molar-refractivity contribution in [1.82, 2.24) is 24.8 Å². The van der Waals surface area contributed by atoms with Crippen molar-refractivity contribution in [3.63, 3.8) is 0 Å². The molecule has 3 aromatic rings. The van der Waals surface area contributed by atoms with Crippen molar-refractivity contribution in [2.45, 2.75) is 26.1 Å². The standard InChI is InChI=1S/C18H17N5O2/c1-12(23-11-13-6-2-3-7-14(13)18(23)25)17(24)19-10-16-21-20-15-8-4-5-9-22(15)16/h2-9,12H,10-11H2,1H3,(H,19,24)/t12-/m1/s1. The number of nitrogens with one attached hydrogen (secondary N) is 1. The van der Waals surface area contributed by atoms with E-state index >= 15 is 0 Å². The van der Waals surface area contributed by atoms with Gasteiger partial charge in [-0.15, -0.1) is 10.2 Å². The van der Waals surface area contributed by atoms with E-state index in [2.05, 4.69) is 15.5 Å². The fourth-order valence-electron chi connectivity index (χ4n) is 3.06. The summed E-state index contributed by atoms with van der Waals surface area (Å²) in [5.74, 6) is 0.326. The Morgan fingerprint density at radius 2 is 2.00 bits per heavy atom. The Balaban J connectivity index is 1.44. The van der Waals surface area contributed by atoms with Crippen LogP contribution >= 0.6 is 0 Å². The Bertz CT molecular complexity index is 965. The maximum Gasteiger partial charge on any atom is 0.255 e. The first-order valence-electron chi connectivity index (χ1n) is 8.10. The zero-order chi connectivity index (χ0) is 17.4. The fourth-order valence-corrected chi connectivity index (χ4v) is 3.06. The van der Waals surface area contributed by atoms with E-state index in [1.807, 2.05) is 47.0 Å². The topological polar surface area (TPSA) is 79.6 Å². The van der Waals surface area contributed by atoms with E-state index in [4.69, 9.17) is 0 Å². The highest BCUT2D eigenvalue weighted by Crippen LogP contribution is 2.24. The Hall–Kier alpha value is -3.22. The number of nitrogens with zero attached hydrogens (tertiary/aromatic N) is 4. The molecular weight excluding hydrogens is 318 g/mol.